The standard InChI is InChI=1S/C22H26FN3O2.2ClH/c23-18-8-4-7-17(13-18)21(25-9-11-28-12-10-25)22(27)26-14-19(20(24)15-26)16-5-2-1-3-6-16;;/h1-8,13,19-21H,9-12,14-15,24H2;2*1H/t19-,20+,21?;;/m0../s1. The van der Waals surface area contributed by atoms with Gasteiger partial charge in [-0.25, -0.2) is 4.39 Å². The van der Waals surface area contributed by atoms with Crippen molar-refractivity contribution in [3.8, 4) is 0 Å². The molecule has 2 aliphatic heterocycles. The van der Waals surface area contributed by atoms with Crippen LogP contribution >= 0.6 is 24.8 Å². The van der Waals surface area contributed by atoms with Gasteiger partial charge in [-0.3, -0.25) is 9.69 Å². The molecule has 5 nitrogen and oxygen atoms in total. The van der Waals surface area contributed by atoms with Gasteiger partial charge in [-0.05, 0) is 23.3 Å². The summed E-state index contributed by atoms with van der Waals surface area (Å²) >= 11 is 0. The van der Waals surface area contributed by atoms with Crippen LogP contribution in [0.1, 0.15) is 23.1 Å². The number of morpholine rings is 1. The predicted molar refractivity (Wildman–Crippen MR) is 120 cm³/mol. The summed E-state index contributed by atoms with van der Waals surface area (Å²) in [6, 6.07) is 15.8. The maximum Gasteiger partial charge on any atom is 0.244 e. The molecule has 4 rings (SSSR count). The lowest BCUT2D eigenvalue weighted by atomic mass is 9.95. The number of hydrogen-bond donors (Lipinski definition) is 1. The van der Waals surface area contributed by atoms with Crippen molar-refractivity contribution >= 4 is 30.7 Å². The molecule has 0 bridgehead atoms. The molecule has 2 fully saturated rings. The van der Waals surface area contributed by atoms with Crippen LogP contribution in [0.2, 0.25) is 0 Å². The number of carbonyl (C=O) groups is 1. The van der Waals surface area contributed by atoms with Crippen LogP contribution in [0.5, 0.6) is 0 Å². The second-order valence-corrected chi connectivity index (χ2v) is 7.53. The van der Waals surface area contributed by atoms with E-state index in [1.54, 1.807) is 6.07 Å². The van der Waals surface area contributed by atoms with Crippen molar-refractivity contribution in [2.24, 2.45) is 5.73 Å². The highest BCUT2D eigenvalue weighted by molar-refractivity contribution is 5.85. The summed E-state index contributed by atoms with van der Waals surface area (Å²) < 4.78 is 19.3. The van der Waals surface area contributed by atoms with Crippen LogP contribution in [0, 0.1) is 5.82 Å². The molecule has 0 spiro atoms. The van der Waals surface area contributed by atoms with Gasteiger partial charge in [-0.1, -0.05) is 42.5 Å². The number of halogens is 3. The summed E-state index contributed by atoms with van der Waals surface area (Å²) in [6.45, 7) is 3.54. The van der Waals surface area contributed by atoms with E-state index in [1.165, 1.54) is 12.1 Å². The van der Waals surface area contributed by atoms with Crippen LogP contribution < -0.4 is 5.73 Å². The van der Waals surface area contributed by atoms with E-state index in [9.17, 15) is 9.18 Å². The molecule has 2 heterocycles. The smallest absolute Gasteiger partial charge is 0.244 e. The van der Waals surface area contributed by atoms with E-state index < -0.39 is 6.04 Å². The first-order valence-electron chi connectivity index (χ1n) is 9.80. The Morgan fingerprint density at radius 2 is 1.73 bits per heavy atom. The largest absolute Gasteiger partial charge is 0.379 e. The number of hydrogen-bond acceptors (Lipinski definition) is 4. The summed E-state index contributed by atoms with van der Waals surface area (Å²) in [5.74, 6) is -0.228. The van der Waals surface area contributed by atoms with Gasteiger partial charge in [-0.2, -0.15) is 0 Å². The minimum absolute atomic E-state index is 0. The van der Waals surface area contributed by atoms with E-state index in [1.807, 2.05) is 29.2 Å². The number of likely N-dealkylation sites (tertiary alicyclic amines) is 1. The van der Waals surface area contributed by atoms with Gasteiger partial charge in [0.2, 0.25) is 5.91 Å². The van der Waals surface area contributed by atoms with Crippen molar-refractivity contribution in [3.05, 3.63) is 71.5 Å². The lowest BCUT2D eigenvalue weighted by molar-refractivity contribution is -0.138. The molecule has 1 amide bonds. The molecule has 30 heavy (non-hydrogen) atoms. The third-order valence-electron chi connectivity index (χ3n) is 5.71. The molecule has 2 N–H and O–H groups in total. The van der Waals surface area contributed by atoms with E-state index in [0.717, 1.165) is 5.56 Å². The highest BCUT2D eigenvalue weighted by atomic mass is 35.5. The fraction of sp³-hybridized carbons (Fsp3) is 0.409. The van der Waals surface area contributed by atoms with E-state index in [-0.39, 0.29) is 48.5 Å². The van der Waals surface area contributed by atoms with E-state index >= 15 is 0 Å². The van der Waals surface area contributed by atoms with Gasteiger partial charge in [0.1, 0.15) is 11.9 Å². The third kappa shape index (κ3) is 5.31. The quantitative estimate of drug-likeness (QED) is 0.769. The molecule has 8 heteroatoms. The molecular formula is C22H28Cl2FN3O2. The summed E-state index contributed by atoms with van der Waals surface area (Å²) in [5, 5.41) is 0. The van der Waals surface area contributed by atoms with Crippen molar-refractivity contribution < 1.29 is 13.9 Å². The second kappa shape index (κ2) is 11.1. The van der Waals surface area contributed by atoms with Gasteiger partial charge >= 0.3 is 0 Å². The minimum atomic E-state index is -0.513. The average molecular weight is 456 g/mol. The summed E-state index contributed by atoms with van der Waals surface area (Å²) in [4.78, 5) is 17.5. The zero-order valence-electron chi connectivity index (χ0n) is 16.7. The lowest BCUT2D eigenvalue weighted by Gasteiger charge is -2.36. The van der Waals surface area contributed by atoms with E-state index in [4.69, 9.17) is 10.5 Å². The van der Waals surface area contributed by atoms with Gasteiger partial charge in [0, 0.05) is 38.1 Å². The molecule has 0 radical (unpaired) electrons. The SMILES string of the molecule is Cl.Cl.N[C@@H]1CN(C(=O)C(c2cccc(F)c2)N2CCOCC2)C[C@H]1c1ccccc1. The zero-order valence-corrected chi connectivity index (χ0v) is 18.3. The summed E-state index contributed by atoms with van der Waals surface area (Å²) in [7, 11) is 0. The Labute approximate surface area is 189 Å². The molecule has 164 valence electrons. The Balaban J connectivity index is 0.00000160. The number of benzene rings is 2. The molecule has 2 aromatic rings. The van der Waals surface area contributed by atoms with Gasteiger partial charge in [0.25, 0.3) is 0 Å². The molecule has 2 aliphatic rings. The van der Waals surface area contributed by atoms with Crippen molar-refractivity contribution in [2.45, 2.75) is 18.0 Å². The van der Waals surface area contributed by atoms with Gasteiger partial charge < -0.3 is 15.4 Å². The number of rotatable bonds is 4. The predicted octanol–water partition coefficient (Wildman–Crippen LogP) is 3.00. The van der Waals surface area contributed by atoms with Crippen LogP contribution in [-0.2, 0) is 9.53 Å². The topological polar surface area (TPSA) is 58.8 Å². The van der Waals surface area contributed by atoms with Crippen LogP contribution in [0.15, 0.2) is 54.6 Å². The molecule has 2 saturated heterocycles. The summed E-state index contributed by atoms with van der Waals surface area (Å²) in [6.07, 6.45) is 0. The highest BCUT2D eigenvalue weighted by Gasteiger charge is 2.39. The fourth-order valence-electron chi connectivity index (χ4n) is 4.26. The first kappa shape index (κ1) is 24.6. The number of amides is 1. The third-order valence-corrected chi connectivity index (χ3v) is 5.71. The van der Waals surface area contributed by atoms with Crippen molar-refractivity contribution in [1.82, 2.24) is 9.80 Å². The Morgan fingerprint density at radius 3 is 2.40 bits per heavy atom. The van der Waals surface area contributed by atoms with Crippen molar-refractivity contribution in [1.29, 1.82) is 0 Å². The minimum Gasteiger partial charge on any atom is -0.379 e. The van der Waals surface area contributed by atoms with E-state index in [2.05, 4.69) is 17.0 Å². The number of carbonyl (C=O) groups excluding carboxylic acids is 1. The normalized spacial score (nSPS) is 22.7. The maximum absolute atomic E-state index is 13.9. The van der Waals surface area contributed by atoms with Crippen molar-refractivity contribution in [2.75, 3.05) is 39.4 Å². The Kier molecular flexibility index (Phi) is 9.07. The van der Waals surface area contributed by atoms with Gasteiger partial charge in [0.05, 0.1) is 13.2 Å². The Morgan fingerprint density at radius 1 is 1.03 bits per heavy atom. The first-order valence-corrected chi connectivity index (χ1v) is 9.80. The van der Waals surface area contributed by atoms with Crippen LogP contribution in [0.25, 0.3) is 0 Å². The fourth-order valence-corrected chi connectivity index (χ4v) is 4.26. The van der Waals surface area contributed by atoms with Crippen LogP contribution in [0.3, 0.4) is 0 Å². The lowest BCUT2D eigenvalue weighted by Crippen LogP contribution is -2.47. The molecule has 2 aromatic carbocycles. The first-order chi connectivity index (χ1) is 13.6. The Bertz CT molecular complexity index is 821. The monoisotopic (exact) mass is 455 g/mol. The molecule has 0 saturated carbocycles. The zero-order chi connectivity index (χ0) is 19.5. The molecule has 3 atom stereocenters. The molecule has 1 unspecified atom stereocenters. The molecule has 0 aliphatic carbocycles. The number of ether oxygens (including phenoxy) is 1. The Hall–Kier alpha value is -1.70. The van der Waals surface area contributed by atoms with Crippen LogP contribution in [0.4, 0.5) is 4.39 Å². The van der Waals surface area contributed by atoms with E-state index in [0.29, 0.717) is 45.0 Å². The maximum atomic E-state index is 13.9. The molecular weight excluding hydrogens is 428 g/mol. The van der Waals surface area contributed by atoms with Crippen molar-refractivity contribution in [3.63, 3.8) is 0 Å². The van der Waals surface area contributed by atoms with Gasteiger partial charge in [0.15, 0.2) is 0 Å². The highest BCUT2D eigenvalue weighted by Crippen LogP contribution is 2.31. The summed E-state index contributed by atoms with van der Waals surface area (Å²) in [5.41, 5.74) is 8.23. The average Bonchev–Trinajstić information content (AvgIpc) is 3.11. The van der Waals surface area contributed by atoms with Crippen LogP contribution in [-0.4, -0.2) is 61.1 Å². The number of nitrogens with zero attached hydrogens (tertiary/aromatic N) is 2. The van der Waals surface area contributed by atoms with Gasteiger partial charge in [-0.15, -0.1) is 24.8 Å². The molecule has 0 aromatic heterocycles. The number of nitrogens with two attached hydrogens (primary N) is 1. The second-order valence-electron chi connectivity index (χ2n) is 7.53.